The molecule has 0 saturated heterocycles. The van der Waals surface area contributed by atoms with Gasteiger partial charge in [-0.15, -0.1) is 5.10 Å². The van der Waals surface area contributed by atoms with Gasteiger partial charge in [0.25, 0.3) is 0 Å². The van der Waals surface area contributed by atoms with Crippen LogP contribution in [0.1, 0.15) is 50.8 Å². The van der Waals surface area contributed by atoms with E-state index >= 15 is 0 Å². The third kappa shape index (κ3) is 3.24. The van der Waals surface area contributed by atoms with Crippen LogP contribution in [-0.2, 0) is 11.3 Å². The number of aromatic nitrogens is 3. The second-order valence-corrected chi connectivity index (χ2v) is 5.02. The van der Waals surface area contributed by atoms with Crippen molar-refractivity contribution in [2.75, 3.05) is 13.7 Å². The molecule has 106 valence electrons. The van der Waals surface area contributed by atoms with Gasteiger partial charge in [0, 0.05) is 6.54 Å². The zero-order chi connectivity index (χ0) is 13.7. The van der Waals surface area contributed by atoms with Crippen molar-refractivity contribution in [3.8, 4) is 0 Å². The fraction of sp³-hybridized carbons (Fsp3) is 0.769. The van der Waals surface area contributed by atoms with Gasteiger partial charge in [-0.05, 0) is 6.42 Å². The molecule has 1 aliphatic rings. The van der Waals surface area contributed by atoms with Crippen LogP contribution in [0.25, 0.3) is 0 Å². The van der Waals surface area contributed by atoms with Crippen LogP contribution in [0.2, 0.25) is 0 Å². The number of unbranched alkanes of at least 4 members (excludes halogenated alkanes) is 3. The van der Waals surface area contributed by atoms with Crippen LogP contribution >= 0.6 is 0 Å². The normalized spacial score (nSPS) is 18.2. The molecule has 19 heavy (non-hydrogen) atoms. The van der Waals surface area contributed by atoms with Crippen LogP contribution in [0.3, 0.4) is 0 Å². The van der Waals surface area contributed by atoms with Crippen LogP contribution in [0.4, 0.5) is 4.79 Å². The highest BCUT2D eigenvalue weighted by atomic mass is 16.5. The molecule has 0 aromatic carbocycles. The Morgan fingerprint density at radius 1 is 1.47 bits per heavy atom. The van der Waals surface area contributed by atoms with E-state index in [2.05, 4.69) is 17.2 Å². The highest BCUT2D eigenvalue weighted by Gasteiger charge is 2.29. The predicted octanol–water partition coefficient (Wildman–Crippen LogP) is 2.37. The lowest BCUT2D eigenvalue weighted by Crippen LogP contribution is -2.41. The number of amides is 1. The highest BCUT2D eigenvalue weighted by molar-refractivity contribution is 5.67. The topological polar surface area (TPSA) is 60.3 Å². The molecular weight excluding hydrogens is 244 g/mol. The Balaban J connectivity index is 1.99. The van der Waals surface area contributed by atoms with E-state index in [1.54, 1.807) is 11.1 Å². The maximum absolute atomic E-state index is 11.7. The lowest BCUT2D eigenvalue weighted by atomic mass is 10.1. The maximum Gasteiger partial charge on any atom is 0.409 e. The largest absolute Gasteiger partial charge is 0.453 e. The van der Waals surface area contributed by atoms with E-state index < -0.39 is 0 Å². The number of hydrogen-bond acceptors (Lipinski definition) is 4. The van der Waals surface area contributed by atoms with Gasteiger partial charge in [0.2, 0.25) is 0 Å². The van der Waals surface area contributed by atoms with Crippen molar-refractivity contribution in [3.05, 3.63) is 11.9 Å². The Hall–Kier alpha value is -1.59. The Morgan fingerprint density at radius 2 is 2.32 bits per heavy atom. The minimum absolute atomic E-state index is 0.224. The molecule has 0 bridgehead atoms. The van der Waals surface area contributed by atoms with Crippen molar-refractivity contribution >= 4 is 6.09 Å². The first-order chi connectivity index (χ1) is 9.26. The first-order valence-electron chi connectivity index (χ1n) is 6.98. The molecule has 2 rings (SSSR count). The maximum atomic E-state index is 11.7. The summed E-state index contributed by atoms with van der Waals surface area (Å²) < 4.78 is 6.77. The highest BCUT2D eigenvalue weighted by Crippen LogP contribution is 2.24. The summed E-state index contributed by atoms with van der Waals surface area (Å²) >= 11 is 0. The van der Waals surface area contributed by atoms with E-state index in [0.717, 1.165) is 18.5 Å². The van der Waals surface area contributed by atoms with E-state index in [9.17, 15) is 4.79 Å². The number of ether oxygens (including phenoxy) is 1. The standard InChI is InChI=1S/C13H22N4O2/c1-3-4-5-6-7-11-9-16(13(18)19-2)10-12-8-14-15-17(11)12/h8,11H,3-7,9-10H2,1-2H3. The molecule has 0 saturated carbocycles. The average molecular weight is 266 g/mol. The third-order valence-electron chi connectivity index (χ3n) is 3.60. The molecule has 0 spiro atoms. The van der Waals surface area contributed by atoms with Crippen LogP contribution < -0.4 is 0 Å². The molecule has 0 aliphatic carbocycles. The van der Waals surface area contributed by atoms with Gasteiger partial charge in [-0.3, -0.25) is 0 Å². The minimum Gasteiger partial charge on any atom is -0.453 e. The van der Waals surface area contributed by atoms with Gasteiger partial charge in [-0.2, -0.15) is 0 Å². The zero-order valence-electron chi connectivity index (χ0n) is 11.7. The summed E-state index contributed by atoms with van der Waals surface area (Å²) in [6.07, 6.45) is 7.37. The first kappa shape index (κ1) is 13.8. The molecule has 1 aromatic rings. The van der Waals surface area contributed by atoms with Gasteiger partial charge >= 0.3 is 6.09 Å². The number of carbonyl (C=O) groups is 1. The summed E-state index contributed by atoms with van der Waals surface area (Å²) in [7, 11) is 1.42. The van der Waals surface area contributed by atoms with E-state index in [1.807, 2.05) is 4.68 Å². The summed E-state index contributed by atoms with van der Waals surface area (Å²) in [5.41, 5.74) is 0.983. The van der Waals surface area contributed by atoms with Crippen molar-refractivity contribution in [3.63, 3.8) is 0 Å². The van der Waals surface area contributed by atoms with Crippen molar-refractivity contribution in [1.82, 2.24) is 19.9 Å². The van der Waals surface area contributed by atoms with Crippen molar-refractivity contribution in [2.45, 2.75) is 51.6 Å². The number of carbonyl (C=O) groups excluding carboxylic acids is 1. The molecule has 2 heterocycles. The van der Waals surface area contributed by atoms with Gasteiger partial charge in [-0.25, -0.2) is 9.48 Å². The summed E-state index contributed by atoms with van der Waals surface area (Å²) in [6.45, 7) is 3.40. The summed E-state index contributed by atoms with van der Waals surface area (Å²) in [5, 5.41) is 8.10. The smallest absolute Gasteiger partial charge is 0.409 e. The lowest BCUT2D eigenvalue weighted by Gasteiger charge is -2.32. The van der Waals surface area contributed by atoms with Crippen LogP contribution in [0.5, 0.6) is 0 Å². The summed E-state index contributed by atoms with van der Waals surface area (Å²) in [4.78, 5) is 13.4. The zero-order valence-corrected chi connectivity index (χ0v) is 11.7. The third-order valence-corrected chi connectivity index (χ3v) is 3.60. The van der Waals surface area contributed by atoms with Crippen LogP contribution in [-0.4, -0.2) is 39.6 Å². The molecule has 1 atom stereocenters. The molecule has 0 fully saturated rings. The van der Waals surface area contributed by atoms with Crippen LogP contribution in [0.15, 0.2) is 6.20 Å². The number of nitrogens with zero attached hydrogens (tertiary/aromatic N) is 4. The van der Waals surface area contributed by atoms with Gasteiger partial charge in [0.05, 0.1) is 31.6 Å². The predicted molar refractivity (Wildman–Crippen MR) is 70.6 cm³/mol. The van der Waals surface area contributed by atoms with E-state index in [-0.39, 0.29) is 12.1 Å². The fourth-order valence-corrected chi connectivity index (χ4v) is 2.57. The van der Waals surface area contributed by atoms with Crippen molar-refractivity contribution in [1.29, 1.82) is 0 Å². The molecular formula is C13H22N4O2. The van der Waals surface area contributed by atoms with Crippen molar-refractivity contribution in [2.24, 2.45) is 0 Å². The molecule has 0 radical (unpaired) electrons. The molecule has 1 aliphatic heterocycles. The first-order valence-corrected chi connectivity index (χ1v) is 6.98. The summed E-state index contributed by atoms with van der Waals surface area (Å²) in [5.74, 6) is 0. The Bertz CT molecular complexity index is 419. The van der Waals surface area contributed by atoms with E-state index in [0.29, 0.717) is 13.1 Å². The van der Waals surface area contributed by atoms with Gasteiger partial charge in [-0.1, -0.05) is 37.8 Å². The number of fused-ring (bicyclic) bond motifs is 1. The van der Waals surface area contributed by atoms with Crippen molar-refractivity contribution < 1.29 is 9.53 Å². The second-order valence-electron chi connectivity index (χ2n) is 5.02. The fourth-order valence-electron chi connectivity index (χ4n) is 2.57. The minimum atomic E-state index is -0.272. The SMILES string of the molecule is CCCCCCC1CN(C(=O)OC)Cc2cnnn21. The lowest BCUT2D eigenvalue weighted by molar-refractivity contribution is 0.0993. The van der Waals surface area contributed by atoms with Gasteiger partial charge < -0.3 is 9.64 Å². The Labute approximate surface area is 113 Å². The number of hydrogen-bond donors (Lipinski definition) is 0. The van der Waals surface area contributed by atoms with Gasteiger partial charge in [0.15, 0.2) is 0 Å². The molecule has 0 N–H and O–H groups in total. The van der Waals surface area contributed by atoms with E-state index in [4.69, 9.17) is 4.74 Å². The Morgan fingerprint density at radius 3 is 3.05 bits per heavy atom. The molecule has 6 heteroatoms. The molecule has 1 amide bonds. The molecule has 6 nitrogen and oxygen atoms in total. The number of methoxy groups -OCH3 is 1. The second kappa shape index (κ2) is 6.54. The average Bonchev–Trinajstić information content (AvgIpc) is 2.90. The summed E-state index contributed by atoms with van der Waals surface area (Å²) in [6, 6.07) is 0.224. The van der Waals surface area contributed by atoms with E-state index in [1.165, 1.54) is 26.4 Å². The number of rotatable bonds is 5. The van der Waals surface area contributed by atoms with Gasteiger partial charge in [0.1, 0.15) is 0 Å². The molecule has 1 unspecified atom stereocenters. The van der Waals surface area contributed by atoms with Crippen LogP contribution in [0, 0.1) is 0 Å². The monoisotopic (exact) mass is 266 g/mol. The Kier molecular flexibility index (Phi) is 4.76. The quantitative estimate of drug-likeness (QED) is 0.768. The molecule has 1 aromatic heterocycles.